The fourth-order valence-electron chi connectivity index (χ4n) is 2.47. The molecule has 2 rings (SSSR count). The third-order valence-electron chi connectivity index (χ3n) is 4.15. The Morgan fingerprint density at radius 2 is 2.05 bits per heavy atom. The van der Waals surface area contributed by atoms with Gasteiger partial charge in [-0.25, -0.2) is 12.8 Å². The third-order valence-corrected chi connectivity index (χ3v) is 6.22. The van der Waals surface area contributed by atoms with E-state index in [-0.39, 0.29) is 16.2 Å². The fraction of sp³-hybridized carbons (Fsp3) is 0.500. The van der Waals surface area contributed by atoms with Gasteiger partial charge >= 0.3 is 0 Å². The van der Waals surface area contributed by atoms with Gasteiger partial charge in [0.2, 0.25) is 10.0 Å². The molecule has 0 heterocycles. The van der Waals surface area contributed by atoms with Crippen LogP contribution in [-0.4, -0.2) is 32.4 Å². The number of hydrogen-bond acceptors (Lipinski definition) is 4. The van der Waals surface area contributed by atoms with Gasteiger partial charge in [0, 0.05) is 12.6 Å². The van der Waals surface area contributed by atoms with Gasteiger partial charge in [0.1, 0.15) is 5.54 Å². The number of rotatable bonds is 4. The average Bonchev–Trinajstić information content (AvgIpc) is 2.40. The van der Waals surface area contributed by atoms with Crippen molar-refractivity contribution in [3.63, 3.8) is 0 Å². The maximum Gasteiger partial charge on any atom is 0.244 e. The first-order valence-corrected chi connectivity index (χ1v) is 7.97. The van der Waals surface area contributed by atoms with Gasteiger partial charge in [-0.3, -0.25) is 0 Å². The van der Waals surface area contributed by atoms with Gasteiger partial charge in [0.25, 0.3) is 0 Å². The Labute approximate surface area is 124 Å². The Kier molecular flexibility index (Phi) is 3.95. The number of ether oxygens (including phenoxy) is 1. The van der Waals surface area contributed by atoms with Gasteiger partial charge in [-0.1, -0.05) is 0 Å². The normalized spacial score (nSPS) is 17.1. The predicted octanol–water partition coefficient (Wildman–Crippen LogP) is 2.21. The highest BCUT2D eigenvalue weighted by atomic mass is 32.2. The molecule has 114 valence electrons. The zero-order chi connectivity index (χ0) is 15.8. The molecule has 1 fully saturated rings. The predicted molar refractivity (Wildman–Crippen MR) is 74.8 cm³/mol. The monoisotopic (exact) mass is 312 g/mol. The number of methoxy groups -OCH3 is 1. The van der Waals surface area contributed by atoms with Crippen LogP contribution in [0.2, 0.25) is 0 Å². The Bertz CT molecular complexity index is 706. The first-order chi connectivity index (χ1) is 9.80. The number of hydrogen-bond donors (Lipinski definition) is 0. The number of halogens is 1. The summed E-state index contributed by atoms with van der Waals surface area (Å²) in [7, 11) is -1.24. The molecule has 0 aliphatic heterocycles. The van der Waals surface area contributed by atoms with E-state index in [1.807, 2.05) is 0 Å². The van der Waals surface area contributed by atoms with Crippen molar-refractivity contribution in [2.24, 2.45) is 0 Å². The molecule has 0 radical (unpaired) electrons. The molecule has 1 aromatic rings. The summed E-state index contributed by atoms with van der Waals surface area (Å²) >= 11 is 0. The van der Waals surface area contributed by atoms with Crippen molar-refractivity contribution in [2.75, 3.05) is 14.2 Å². The number of nitriles is 1. The topological polar surface area (TPSA) is 70.4 Å². The average molecular weight is 312 g/mol. The van der Waals surface area contributed by atoms with Crippen LogP contribution in [0.5, 0.6) is 5.75 Å². The molecule has 1 aliphatic carbocycles. The molecule has 0 N–H and O–H groups in total. The highest BCUT2D eigenvalue weighted by Crippen LogP contribution is 2.40. The molecule has 0 unspecified atom stereocenters. The van der Waals surface area contributed by atoms with E-state index in [9.17, 15) is 18.1 Å². The number of sulfonamides is 1. The first kappa shape index (κ1) is 15.7. The summed E-state index contributed by atoms with van der Waals surface area (Å²) < 4.78 is 45.3. The Morgan fingerprint density at radius 3 is 2.48 bits per heavy atom. The molecule has 0 bridgehead atoms. The minimum Gasteiger partial charge on any atom is -0.494 e. The third kappa shape index (κ3) is 2.28. The lowest BCUT2D eigenvalue weighted by atomic mass is 9.78. The van der Waals surface area contributed by atoms with Crippen molar-refractivity contribution in [1.82, 2.24) is 4.31 Å². The maximum atomic E-state index is 14.1. The zero-order valence-corrected chi connectivity index (χ0v) is 13.0. The molecule has 1 aliphatic rings. The largest absolute Gasteiger partial charge is 0.494 e. The summed E-state index contributed by atoms with van der Waals surface area (Å²) in [6.45, 7) is 1.39. The Hall–Kier alpha value is -1.65. The molecule has 0 amide bonds. The summed E-state index contributed by atoms with van der Waals surface area (Å²) in [5, 5.41) is 9.27. The second-order valence-corrected chi connectivity index (χ2v) is 7.11. The quantitative estimate of drug-likeness (QED) is 0.854. The van der Waals surface area contributed by atoms with Gasteiger partial charge in [0.05, 0.1) is 18.1 Å². The van der Waals surface area contributed by atoms with Gasteiger partial charge in [0.15, 0.2) is 11.6 Å². The van der Waals surface area contributed by atoms with Gasteiger partial charge in [-0.15, -0.1) is 0 Å². The van der Waals surface area contributed by atoms with E-state index in [1.54, 1.807) is 0 Å². The summed E-state index contributed by atoms with van der Waals surface area (Å²) in [4.78, 5) is -0.134. The van der Waals surface area contributed by atoms with E-state index in [1.165, 1.54) is 33.2 Å². The highest BCUT2D eigenvalue weighted by Gasteiger charge is 2.47. The first-order valence-electron chi connectivity index (χ1n) is 6.53. The van der Waals surface area contributed by atoms with Crippen LogP contribution >= 0.6 is 0 Å². The van der Waals surface area contributed by atoms with Crippen LogP contribution in [0.4, 0.5) is 4.39 Å². The van der Waals surface area contributed by atoms with E-state index in [4.69, 9.17) is 4.74 Å². The van der Waals surface area contributed by atoms with Crippen LogP contribution in [0.15, 0.2) is 17.0 Å². The smallest absolute Gasteiger partial charge is 0.244 e. The van der Waals surface area contributed by atoms with Crippen molar-refractivity contribution >= 4 is 10.0 Å². The molecular formula is C14H17FN2O3S. The van der Waals surface area contributed by atoms with E-state index in [2.05, 4.69) is 6.07 Å². The lowest BCUT2D eigenvalue weighted by Crippen LogP contribution is -2.53. The summed E-state index contributed by atoms with van der Waals surface area (Å²) in [5.74, 6) is -0.709. The molecule has 0 saturated heterocycles. The van der Waals surface area contributed by atoms with Crippen molar-refractivity contribution < 1.29 is 17.5 Å². The SMILES string of the molecule is COc1ccc(S(=O)(=O)N(C)C2(C#N)CCC2)c(C)c1F. The molecule has 5 nitrogen and oxygen atoms in total. The van der Waals surface area contributed by atoms with Gasteiger partial charge in [-0.05, 0) is 38.3 Å². The molecule has 0 aromatic heterocycles. The minimum atomic E-state index is -3.93. The minimum absolute atomic E-state index is 0.00591. The summed E-state index contributed by atoms with van der Waals surface area (Å²) in [6, 6.07) is 4.67. The van der Waals surface area contributed by atoms with Crippen LogP contribution in [0.25, 0.3) is 0 Å². The van der Waals surface area contributed by atoms with Crippen LogP contribution in [0.1, 0.15) is 24.8 Å². The molecule has 1 saturated carbocycles. The summed E-state index contributed by atoms with van der Waals surface area (Å²) in [6.07, 6.45) is 1.80. The second kappa shape index (κ2) is 5.28. The second-order valence-electron chi connectivity index (χ2n) is 5.17. The van der Waals surface area contributed by atoms with Crippen LogP contribution < -0.4 is 4.74 Å². The maximum absolute atomic E-state index is 14.1. The standard InChI is InChI=1S/C14H17FN2O3S/c1-10-12(6-5-11(20-3)13(10)15)21(18,19)17(2)14(9-16)7-4-8-14/h5-6H,4,7-8H2,1-3H3. The van der Waals surface area contributed by atoms with Crippen molar-refractivity contribution in [2.45, 2.75) is 36.6 Å². The highest BCUT2D eigenvalue weighted by molar-refractivity contribution is 7.89. The van der Waals surface area contributed by atoms with Crippen LogP contribution in [0.3, 0.4) is 0 Å². The molecule has 0 atom stereocenters. The Morgan fingerprint density at radius 1 is 1.43 bits per heavy atom. The van der Waals surface area contributed by atoms with Crippen LogP contribution in [-0.2, 0) is 10.0 Å². The lowest BCUT2D eigenvalue weighted by molar-refractivity contribution is 0.171. The van der Waals surface area contributed by atoms with Gasteiger partial charge < -0.3 is 4.74 Å². The molecule has 1 aromatic carbocycles. The summed E-state index contributed by atoms with van der Waals surface area (Å²) in [5.41, 5.74) is -1.02. The van der Waals surface area contributed by atoms with E-state index < -0.39 is 21.4 Å². The molecule has 7 heteroatoms. The van der Waals surface area contributed by atoms with Gasteiger partial charge in [-0.2, -0.15) is 9.57 Å². The van der Waals surface area contributed by atoms with E-state index >= 15 is 0 Å². The fourth-order valence-corrected chi connectivity index (χ4v) is 4.16. The zero-order valence-electron chi connectivity index (χ0n) is 12.2. The van der Waals surface area contributed by atoms with Crippen LogP contribution in [0, 0.1) is 24.1 Å². The van der Waals surface area contributed by atoms with Crippen molar-refractivity contribution in [3.05, 3.63) is 23.5 Å². The van der Waals surface area contributed by atoms with Crippen molar-refractivity contribution in [3.8, 4) is 11.8 Å². The van der Waals surface area contributed by atoms with E-state index in [0.717, 1.165) is 10.7 Å². The van der Waals surface area contributed by atoms with E-state index in [0.29, 0.717) is 12.8 Å². The molecule has 0 spiro atoms. The number of nitrogens with zero attached hydrogens (tertiary/aromatic N) is 2. The Balaban J connectivity index is 2.51. The molecular weight excluding hydrogens is 295 g/mol. The van der Waals surface area contributed by atoms with Crippen molar-refractivity contribution in [1.29, 1.82) is 5.26 Å². The molecule has 21 heavy (non-hydrogen) atoms. The number of benzene rings is 1. The lowest BCUT2D eigenvalue weighted by Gasteiger charge is -2.42.